The summed E-state index contributed by atoms with van der Waals surface area (Å²) in [6.45, 7) is 0.364. The molecule has 0 radical (unpaired) electrons. The Kier molecular flexibility index (Phi) is 4.94. The highest BCUT2D eigenvalue weighted by Crippen LogP contribution is 2.27. The van der Waals surface area contributed by atoms with E-state index in [9.17, 15) is 14.9 Å². The maximum atomic E-state index is 12.7. The van der Waals surface area contributed by atoms with Crippen LogP contribution in [0.2, 0.25) is 0 Å². The molecule has 1 amide bonds. The highest BCUT2D eigenvalue weighted by atomic mass is 16.6. The van der Waals surface area contributed by atoms with Crippen LogP contribution in [0.15, 0.2) is 78.9 Å². The van der Waals surface area contributed by atoms with Gasteiger partial charge in [-0.05, 0) is 23.8 Å². The molecule has 1 aromatic heterocycles. The number of benzene rings is 3. The minimum Gasteiger partial charge on any atom is -0.345 e. The van der Waals surface area contributed by atoms with Crippen molar-refractivity contribution in [2.24, 2.45) is 0 Å². The van der Waals surface area contributed by atoms with Crippen LogP contribution in [0.3, 0.4) is 0 Å². The van der Waals surface area contributed by atoms with E-state index in [0.29, 0.717) is 23.3 Å². The molecule has 0 spiro atoms. The number of hydrogen-bond acceptors (Lipinski definition) is 5. The molecule has 0 atom stereocenters. The Bertz CT molecular complexity index is 1190. The van der Waals surface area contributed by atoms with Gasteiger partial charge in [0.25, 0.3) is 11.6 Å². The molecule has 7 nitrogen and oxygen atoms in total. The number of nitrogens with zero attached hydrogens (tertiary/aromatic N) is 3. The quantitative estimate of drug-likeness (QED) is 0.412. The molecule has 0 aliphatic carbocycles. The van der Waals surface area contributed by atoms with Gasteiger partial charge in [0.2, 0.25) is 5.82 Å². The van der Waals surface area contributed by atoms with Crippen molar-refractivity contribution in [3.8, 4) is 11.3 Å². The summed E-state index contributed by atoms with van der Waals surface area (Å²) >= 11 is 0. The molecule has 7 heteroatoms. The van der Waals surface area contributed by atoms with Gasteiger partial charge in [-0.2, -0.15) is 0 Å². The molecule has 3 aromatic carbocycles. The van der Waals surface area contributed by atoms with Gasteiger partial charge >= 0.3 is 0 Å². The van der Waals surface area contributed by atoms with Crippen molar-refractivity contribution >= 4 is 22.5 Å². The largest absolute Gasteiger partial charge is 0.345 e. The molecule has 4 rings (SSSR count). The second-order valence-corrected chi connectivity index (χ2v) is 6.39. The van der Waals surface area contributed by atoms with E-state index in [-0.39, 0.29) is 17.4 Å². The first-order chi connectivity index (χ1) is 14.1. The predicted molar refractivity (Wildman–Crippen MR) is 109 cm³/mol. The smallest absolute Gasteiger partial charge is 0.289 e. The van der Waals surface area contributed by atoms with E-state index in [1.807, 2.05) is 48.5 Å². The van der Waals surface area contributed by atoms with E-state index in [4.69, 9.17) is 0 Å². The molecule has 0 aliphatic rings. The zero-order chi connectivity index (χ0) is 20.2. The van der Waals surface area contributed by atoms with Crippen LogP contribution in [0.4, 0.5) is 5.69 Å². The van der Waals surface area contributed by atoms with Crippen LogP contribution in [0.1, 0.15) is 16.2 Å². The molecular weight excluding hydrogens is 368 g/mol. The Labute approximate surface area is 166 Å². The number of aromatic nitrogens is 2. The summed E-state index contributed by atoms with van der Waals surface area (Å²) in [6, 6.07) is 23.0. The van der Waals surface area contributed by atoms with Crippen LogP contribution in [-0.4, -0.2) is 20.8 Å². The van der Waals surface area contributed by atoms with E-state index in [1.165, 1.54) is 12.1 Å². The molecule has 0 saturated carbocycles. The van der Waals surface area contributed by atoms with Gasteiger partial charge in [0, 0.05) is 29.6 Å². The second-order valence-electron chi connectivity index (χ2n) is 6.39. The first-order valence-electron chi connectivity index (χ1n) is 8.95. The minimum atomic E-state index is -0.454. The Balaban J connectivity index is 1.70. The van der Waals surface area contributed by atoms with Crippen LogP contribution in [0.5, 0.6) is 0 Å². The summed E-state index contributed by atoms with van der Waals surface area (Å²) in [5.74, 6) is -0.337. The van der Waals surface area contributed by atoms with Gasteiger partial charge in [0.15, 0.2) is 0 Å². The molecular formula is C22H16N4O3. The van der Waals surface area contributed by atoms with Crippen molar-refractivity contribution in [3.05, 3.63) is 100 Å². The van der Waals surface area contributed by atoms with Crippen LogP contribution in [0.25, 0.3) is 22.2 Å². The third kappa shape index (κ3) is 3.93. The van der Waals surface area contributed by atoms with E-state index < -0.39 is 4.92 Å². The first kappa shape index (κ1) is 18.2. The Morgan fingerprint density at radius 1 is 0.897 bits per heavy atom. The maximum Gasteiger partial charge on any atom is 0.289 e. The molecule has 0 unspecified atom stereocenters. The van der Waals surface area contributed by atoms with Crippen molar-refractivity contribution in [3.63, 3.8) is 0 Å². The number of carbonyl (C=O) groups excluding carboxylic acids is 1. The second kappa shape index (κ2) is 7.85. The minimum absolute atomic E-state index is 0.00654. The van der Waals surface area contributed by atoms with Crippen molar-refractivity contribution in [2.45, 2.75) is 6.54 Å². The lowest BCUT2D eigenvalue weighted by Gasteiger charge is -2.09. The fourth-order valence-electron chi connectivity index (χ4n) is 3.00. The lowest BCUT2D eigenvalue weighted by molar-refractivity contribution is -0.384. The van der Waals surface area contributed by atoms with Gasteiger partial charge in [-0.1, -0.05) is 48.5 Å². The molecule has 142 valence electrons. The number of amides is 1. The highest BCUT2D eigenvalue weighted by molar-refractivity contribution is 5.97. The van der Waals surface area contributed by atoms with E-state index in [1.54, 1.807) is 18.2 Å². The van der Waals surface area contributed by atoms with Crippen LogP contribution < -0.4 is 5.32 Å². The summed E-state index contributed by atoms with van der Waals surface area (Å²) in [5.41, 5.74) is 2.81. The number of non-ortho nitro benzene ring substituents is 1. The van der Waals surface area contributed by atoms with E-state index in [0.717, 1.165) is 10.9 Å². The van der Waals surface area contributed by atoms with Crippen molar-refractivity contribution < 1.29 is 9.72 Å². The zero-order valence-electron chi connectivity index (χ0n) is 15.3. The molecule has 1 N–H and O–H groups in total. The summed E-state index contributed by atoms with van der Waals surface area (Å²) in [4.78, 5) is 32.0. The van der Waals surface area contributed by atoms with Gasteiger partial charge in [0.05, 0.1) is 16.1 Å². The Morgan fingerprint density at radius 3 is 2.31 bits per heavy atom. The van der Waals surface area contributed by atoms with Gasteiger partial charge < -0.3 is 5.32 Å². The molecule has 29 heavy (non-hydrogen) atoms. The zero-order valence-corrected chi connectivity index (χ0v) is 15.3. The Hall–Kier alpha value is -4.13. The highest BCUT2D eigenvalue weighted by Gasteiger charge is 2.16. The summed E-state index contributed by atoms with van der Waals surface area (Å²) in [5, 5.41) is 14.5. The van der Waals surface area contributed by atoms with Crippen molar-refractivity contribution in [1.82, 2.24) is 15.3 Å². The topological polar surface area (TPSA) is 98.0 Å². The number of para-hydroxylation sites is 1. The third-order valence-corrected chi connectivity index (χ3v) is 4.45. The number of nitro benzene ring substituents is 1. The van der Waals surface area contributed by atoms with E-state index in [2.05, 4.69) is 15.3 Å². The van der Waals surface area contributed by atoms with Gasteiger partial charge in [-0.25, -0.2) is 9.97 Å². The number of fused-ring (bicyclic) bond motifs is 1. The molecule has 0 aliphatic heterocycles. The number of rotatable bonds is 5. The van der Waals surface area contributed by atoms with Crippen molar-refractivity contribution in [1.29, 1.82) is 0 Å². The molecule has 0 fully saturated rings. The van der Waals surface area contributed by atoms with Gasteiger partial charge in [-0.15, -0.1) is 0 Å². The molecule has 4 aromatic rings. The first-order valence-corrected chi connectivity index (χ1v) is 8.95. The fourth-order valence-corrected chi connectivity index (χ4v) is 3.00. The Morgan fingerprint density at radius 2 is 1.59 bits per heavy atom. The lowest BCUT2D eigenvalue weighted by Crippen LogP contribution is -2.25. The number of nitro groups is 1. The monoisotopic (exact) mass is 384 g/mol. The van der Waals surface area contributed by atoms with Crippen molar-refractivity contribution in [2.75, 3.05) is 0 Å². The number of carbonyl (C=O) groups is 1. The normalized spacial score (nSPS) is 10.6. The average molecular weight is 384 g/mol. The van der Waals surface area contributed by atoms with Crippen LogP contribution >= 0.6 is 0 Å². The van der Waals surface area contributed by atoms with Crippen LogP contribution in [0, 0.1) is 10.1 Å². The summed E-state index contributed by atoms with van der Waals surface area (Å²) in [7, 11) is 0. The number of nitrogens with one attached hydrogen (secondary N) is 1. The average Bonchev–Trinajstić information content (AvgIpc) is 2.77. The summed E-state index contributed by atoms with van der Waals surface area (Å²) in [6.07, 6.45) is 0. The molecule has 1 heterocycles. The van der Waals surface area contributed by atoms with E-state index >= 15 is 0 Å². The lowest BCUT2D eigenvalue weighted by atomic mass is 10.1. The standard InChI is InChI=1S/C22H16N4O3/c27-22(23-14-15-6-2-1-3-7-15)21-24-19-9-5-4-8-18(19)20(25-21)16-10-12-17(13-11-16)26(28)29/h1-13H,14H2,(H,23,27). The maximum absolute atomic E-state index is 12.7. The molecule has 0 bridgehead atoms. The summed E-state index contributed by atoms with van der Waals surface area (Å²) < 4.78 is 0. The third-order valence-electron chi connectivity index (χ3n) is 4.45. The number of hydrogen-bond donors (Lipinski definition) is 1. The van der Waals surface area contributed by atoms with Gasteiger partial charge in [0.1, 0.15) is 0 Å². The predicted octanol–water partition coefficient (Wildman–Crippen LogP) is 4.14. The van der Waals surface area contributed by atoms with Crippen LogP contribution in [-0.2, 0) is 6.54 Å². The fraction of sp³-hybridized carbons (Fsp3) is 0.0455. The van der Waals surface area contributed by atoms with Gasteiger partial charge in [-0.3, -0.25) is 14.9 Å². The molecule has 0 saturated heterocycles. The SMILES string of the molecule is O=C(NCc1ccccc1)c1nc(-c2ccc([N+](=O)[O-])cc2)c2ccccc2n1.